The second-order valence-electron chi connectivity index (χ2n) is 31.3. The number of ether oxygens (including phenoxy) is 2. The van der Waals surface area contributed by atoms with Gasteiger partial charge < -0.3 is 27.9 Å². The van der Waals surface area contributed by atoms with Crippen molar-refractivity contribution in [1.82, 2.24) is 0 Å². The van der Waals surface area contributed by atoms with E-state index in [1.807, 2.05) is 21.1 Å². The molecular formula is C90H170NO8P. The molecule has 0 N–H and O–H groups in total. The minimum Gasteiger partial charge on any atom is -0.756 e. The quantitative estimate of drug-likeness (QED) is 0.0195. The van der Waals surface area contributed by atoms with E-state index in [1.165, 1.54) is 366 Å². The minimum atomic E-state index is -4.65. The van der Waals surface area contributed by atoms with Gasteiger partial charge in [0.05, 0.1) is 27.7 Å². The van der Waals surface area contributed by atoms with Crippen LogP contribution in [0.3, 0.4) is 0 Å². The Bertz CT molecular complexity index is 1870. The van der Waals surface area contributed by atoms with Gasteiger partial charge in [0.1, 0.15) is 19.8 Å². The summed E-state index contributed by atoms with van der Waals surface area (Å²) in [5, 5.41) is 0. The van der Waals surface area contributed by atoms with E-state index in [9.17, 15) is 19.0 Å². The van der Waals surface area contributed by atoms with Gasteiger partial charge in [0.2, 0.25) is 0 Å². The molecule has 588 valence electrons. The number of rotatable bonds is 83. The second-order valence-corrected chi connectivity index (χ2v) is 32.7. The Morgan fingerprint density at radius 2 is 0.540 bits per heavy atom. The van der Waals surface area contributed by atoms with Gasteiger partial charge in [-0.1, -0.05) is 415 Å². The molecule has 0 fully saturated rings. The SMILES string of the molecule is CCCCCCC/C=C\C/C=C\C/C=C\CCCCCCCCCCCCCCCCCCCCCCCCC(=O)OC(COC(=O)CCCCCCCCCCCCCCCCCCCCCCCCCCCCC/C=C\C/C=C\CCCCCCC)COP(=O)([O-])OCC[N+](C)(C)C. The van der Waals surface area contributed by atoms with Crippen molar-refractivity contribution in [2.45, 2.75) is 457 Å². The van der Waals surface area contributed by atoms with E-state index in [0.717, 1.165) is 51.4 Å². The van der Waals surface area contributed by atoms with Gasteiger partial charge in [-0.05, 0) is 83.5 Å². The van der Waals surface area contributed by atoms with E-state index in [0.29, 0.717) is 17.4 Å². The van der Waals surface area contributed by atoms with Crippen molar-refractivity contribution in [2.24, 2.45) is 0 Å². The Morgan fingerprint density at radius 3 is 0.800 bits per heavy atom. The molecule has 0 bridgehead atoms. The van der Waals surface area contributed by atoms with Crippen LogP contribution in [0.5, 0.6) is 0 Å². The molecule has 9 nitrogen and oxygen atoms in total. The predicted octanol–water partition coefficient (Wildman–Crippen LogP) is 29.0. The number of unbranched alkanes of at least 4 members (excludes halogenated alkanes) is 59. The highest BCUT2D eigenvalue weighted by molar-refractivity contribution is 7.45. The van der Waals surface area contributed by atoms with Crippen molar-refractivity contribution in [1.29, 1.82) is 0 Å². The summed E-state index contributed by atoms with van der Waals surface area (Å²) in [7, 11) is 1.19. The molecule has 2 atom stereocenters. The Hall–Kier alpha value is -2.29. The monoisotopic (exact) mass is 1420 g/mol. The number of nitrogens with zero attached hydrogens (tertiary/aromatic N) is 1. The van der Waals surface area contributed by atoms with Crippen molar-refractivity contribution < 1.29 is 42.1 Å². The van der Waals surface area contributed by atoms with Crippen LogP contribution in [0.25, 0.3) is 0 Å². The van der Waals surface area contributed by atoms with Gasteiger partial charge in [-0.2, -0.15) is 0 Å². The number of phosphoric acid groups is 1. The number of quaternary nitrogens is 1. The predicted molar refractivity (Wildman–Crippen MR) is 434 cm³/mol. The molecule has 0 saturated heterocycles. The molecule has 10 heteroatoms. The van der Waals surface area contributed by atoms with Crippen LogP contribution in [-0.2, 0) is 32.7 Å². The summed E-state index contributed by atoms with van der Waals surface area (Å²) in [4.78, 5) is 38.3. The molecule has 0 rings (SSSR count). The summed E-state index contributed by atoms with van der Waals surface area (Å²) in [5.74, 6) is -0.807. The average molecular weight is 1430 g/mol. The normalized spacial score (nSPS) is 13.2. The maximum absolute atomic E-state index is 12.9. The van der Waals surface area contributed by atoms with Gasteiger partial charge >= 0.3 is 11.9 Å². The molecule has 2 unspecified atom stereocenters. The van der Waals surface area contributed by atoms with Gasteiger partial charge in [-0.3, -0.25) is 14.2 Å². The molecule has 0 aromatic rings. The molecule has 0 heterocycles. The Balaban J connectivity index is 3.86. The fourth-order valence-electron chi connectivity index (χ4n) is 13.3. The van der Waals surface area contributed by atoms with E-state index >= 15 is 0 Å². The number of carbonyl (C=O) groups is 2. The fourth-order valence-corrected chi connectivity index (χ4v) is 14.0. The van der Waals surface area contributed by atoms with Crippen LogP contribution in [-0.4, -0.2) is 70.0 Å². The summed E-state index contributed by atoms with van der Waals surface area (Å²) in [6.45, 7) is 4.30. The first-order valence-corrected chi connectivity index (χ1v) is 45.5. The zero-order valence-corrected chi connectivity index (χ0v) is 68.3. The van der Waals surface area contributed by atoms with E-state index < -0.39 is 26.5 Å². The van der Waals surface area contributed by atoms with Crippen LogP contribution in [0.4, 0.5) is 0 Å². The number of likely N-dealkylation sites (N-methyl/N-ethyl adjacent to an activating group) is 1. The van der Waals surface area contributed by atoms with Gasteiger partial charge in [-0.25, -0.2) is 0 Å². The first kappa shape index (κ1) is 97.7. The summed E-state index contributed by atoms with van der Waals surface area (Å²) >= 11 is 0. The number of allylic oxidation sites excluding steroid dienone is 10. The van der Waals surface area contributed by atoms with Crippen LogP contribution in [0.15, 0.2) is 60.8 Å². The summed E-state index contributed by atoms with van der Waals surface area (Å²) < 4.78 is 34.5. The van der Waals surface area contributed by atoms with Gasteiger partial charge in [0, 0.05) is 12.8 Å². The molecule has 0 aliphatic heterocycles. The molecular weight excluding hydrogens is 1250 g/mol. The Labute approximate surface area is 623 Å². The molecule has 100 heavy (non-hydrogen) atoms. The van der Waals surface area contributed by atoms with Crippen molar-refractivity contribution >= 4 is 19.8 Å². The highest BCUT2D eigenvalue weighted by Crippen LogP contribution is 2.38. The van der Waals surface area contributed by atoms with Crippen molar-refractivity contribution in [3.63, 3.8) is 0 Å². The minimum absolute atomic E-state index is 0.0280. The number of hydrogen-bond acceptors (Lipinski definition) is 8. The van der Waals surface area contributed by atoms with Crippen molar-refractivity contribution in [3.05, 3.63) is 60.8 Å². The summed E-state index contributed by atoms with van der Waals surface area (Å²) in [5.41, 5.74) is 0. The largest absolute Gasteiger partial charge is 0.756 e. The Kier molecular flexibility index (Phi) is 78.9. The molecule has 0 spiro atoms. The third-order valence-corrected chi connectivity index (χ3v) is 21.0. The van der Waals surface area contributed by atoms with E-state index in [2.05, 4.69) is 74.6 Å². The molecule has 0 radical (unpaired) electrons. The van der Waals surface area contributed by atoms with Crippen LogP contribution in [0, 0.1) is 0 Å². The van der Waals surface area contributed by atoms with Crippen LogP contribution in [0.2, 0.25) is 0 Å². The molecule has 0 saturated carbocycles. The van der Waals surface area contributed by atoms with Crippen molar-refractivity contribution in [3.8, 4) is 0 Å². The number of carbonyl (C=O) groups excluding carboxylic acids is 2. The number of hydrogen-bond donors (Lipinski definition) is 0. The molecule has 0 amide bonds. The first-order valence-electron chi connectivity index (χ1n) is 44.0. The first-order chi connectivity index (χ1) is 49.0. The average Bonchev–Trinajstić information content (AvgIpc) is 1.02. The lowest BCUT2D eigenvalue weighted by molar-refractivity contribution is -0.870. The summed E-state index contributed by atoms with van der Waals surface area (Å²) in [6.07, 6.45) is 110. The van der Waals surface area contributed by atoms with Gasteiger partial charge in [0.25, 0.3) is 7.82 Å². The fraction of sp³-hybridized carbons (Fsp3) is 0.867. The molecule has 0 aromatic heterocycles. The van der Waals surface area contributed by atoms with Crippen LogP contribution in [0.1, 0.15) is 450 Å². The number of phosphoric ester groups is 1. The molecule has 0 aliphatic carbocycles. The Morgan fingerprint density at radius 1 is 0.310 bits per heavy atom. The zero-order chi connectivity index (χ0) is 72.5. The van der Waals surface area contributed by atoms with Crippen LogP contribution >= 0.6 is 7.82 Å². The molecule has 0 aliphatic rings. The summed E-state index contributed by atoms with van der Waals surface area (Å²) in [6, 6.07) is 0. The standard InChI is InChI=1S/C90H170NO8P/c1-6-8-10-12-14-16-18-20-22-24-26-28-30-32-34-36-38-40-42-44-45-47-48-50-52-54-56-58-60-62-64-66-68-70-72-74-76-78-80-82-89(92)96-86-88(87-98-100(94,95)97-85-84-91(3,4)5)99-90(93)83-81-79-77-75-73-71-69-67-65-63-61-59-57-55-53-51-49-46-43-41-39-37-35-33-31-29-27-25-23-21-19-17-15-13-11-9-7-2/h18-21,24-27,31,33,88H,6-17,22-23,28-30,32,34-87H2,1-5H3/b20-18-,21-19-,26-24-,27-25-,33-31-. The molecule has 0 aromatic carbocycles. The van der Waals surface area contributed by atoms with Gasteiger partial charge in [-0.15, -0.1) is 0 Å². The number of esters is 2. The zero-order valence-electron chi connectivity index (χ0n) is 67.4. The van der Waals surface area contributed by atoms with E-state index in [1.54, 1.807) is 0 Å². The smallest absolute Gasteiger partial charge is 0.306 e. The van der Waals surface area contributed by atoms with Gasteiger partial charge in [0.15, 0.2) is 6.10 Å². The van der Waals surface area contributed by atoms with E-state index in [-0.39, 0.29) is 32.0 Å². The lowest BCUT2D eigenvalue weighted by Gasteiger charge is -2.28. The lowest BCUT2D eigenvalue weighted by atomic mass is 10.0. The van der Waals surface area contributed by atoms with E-state index in [4.69, 9.17) is 18.5 Å². The third kappa shape index (κ3) is 84.6. The van der Waals surface area contributed by atoms with Crippen LogP contribution < -0.4 is 4.89 Å². The second kappa shape index (κ2) is 80.8. The lowest BCUT2D eigenvalue weighted by Crippen LogP contribution is -2.37. The topological polar surface area (TPSA) is 111 Å². The van der Waals surface area contributed by atoms with Crippen molar-refractivity contribution in [2.75, 3.05) is 47.5 Å². The maximum Gasteiger partial charge on any atom is 0.306 e. The highest BCUT2D eigenvalue weighted by Gasteiger charge is 2.22. The third-order valence-electron chi connectivity index (χ3n) is 20.0. The highest BCUT2D eigenvalue weighted by atomic mass is 31.2. The maximum atomic E-state index is 12.9.